The van der Waals surface area contributed by atoms with Gasteiger partial charge in [0.2, 0.25) is 5.91 Å². The van der Waals surface area contributed by atoms with Gasteiger partial charge < -0.3 is 16.2 Å². The molecule has 0 aliphatic carbocycles. The molecule has 1 amide bonds. The Hall–Kier alpha value is -1.88. The molecular weight excluding hydrogens is 220 g/mol. The number of carbonyl (C=O) groups is 2. The third-order valence-corrected chi connectivity index (χ3v) is 2.34. The van der Waals surface area contributed by atoms with E-state index in [1.807, 2.05) is 6.92 Å². The molecule has 0 aliphatic heterocycles. The second-order valence-electron chi connectivity index (χ2n) is 3.77. The van der Waals surface area contributed by atoms with Gasteiger partial charge in [0, 0.05) is 5.69 Å². The zero-order valence-electron chi connectivity index (χ0n) is 9.64. The molecular formula is C12H16N2O3. The van der Waals surface area contributed by atoms with Crippen LogP contribution in [0, 0.1) is 0 Å². The second-order valence-corrected chi connectivity index (χ2v) is 3.77. The van der Waals surface area contributed by atoms with Gasteiger partial charge in [0.05, 0.1) is 11.6 Å². The SMILES string of the molecule is CCC[C@@H](N)C(=O)Nc1ccc(C(=O)O)cc1. The molecule has 0 fully saturated rings. The van der Waals surface area contributed by atoms with Crippen molar-refractivity contribution in [2.75, 3.05) is 5.32 Å². The van der Waals surface area contributed by atoms with E-state index in [4.69, 9.17) is 10.8 Å². The number of carbonyl (C=O) groups excluding carboxylic acids is 1. The van der Waals surface area contributed by atoms with E-state index in [1.54, 1.807) is 12.1 Å². The Kier molecular flexibility index (Phi) is 4.66. The van der Waals surface area contributed by atoms with E-state index in [-0.39, 0.29) is 11.5 Å². The van der Waals surface area contributed by atoms with Gasteiger partial charge in [0.15, 0.2) is 0 Å². The molecule has 0 aromatic heterocycles. The van der Waals surface area contributed by atoms with Crippen LogP contribution < -0.4 is 11.1 Å². The van der Waals surface area contributed by atoms with Crippen LogP contribution in [0.1, 0.15) is 30.1 Å². The highest BCUT2D eigenvalue weighted by atomic mass is 16.4. The molecule has 5 heteroatoms. The summed E-state index contributed by atoms with van der Waals surface area (Å²) in [5, 5.41) is 11.3. The van der Waals surface area contributed by atoms with Crippen molar-refractivity contribution in [3.8, 4) is 0 Å². The summed E-state index contributed by atoms with van der Waals surface area (Å²) >= 11 is 0. The van der Waals surface area contributed by atoms with Gasteiger partial charge in [-0.2, -0.15) is 0 Å². The zero-order chi connectivity index (χ0) is 12.8. The summed E-state index contributed by atoms with van der Waals surface area (Å²) in [6.45, 7) is 1.95. The van der Waals surface area contributed by atoms with Crippen LogP contribution in [0.25, 0.3) is 0 Å². The Bertz CT molecular complexity index is 401. The number of amides is 1. The van der Waals surface area contributed by atoms with E-state index in [0.717, 1.165) is 6.42 Å². The lowest BCUT2D eigenvalue weighted by atomic mass is 10.1. The summed E-state index contributed by atoms with van der Waals surface area (Å²) < 4.78 is 0. The van der Waals surface area contributed by atoms with Crippen LogP contribution in [0.15, 0.2) is 24.3 Å². The summed E-state index contributed by atoms with van der Waals surface area (Å²) in [5.74, 6) is -1.25. The van der Waals surface area contributed by atoms with Crippen LogP contribution in [0.4, 0.5) is 5.69 Å². The molecule has 1 aromatic carbocycles. The highest BCUT2D eigenvalue weighted by Crippen LogP contribution is 2.10. The van der Waals surface area contributed by atoms with Crippen LogP contribution in [0.2, 0.25) is 0 Å². The molecule has 0 spiro atoms. The number of carboxylic acid groups (broad SMARTS) is 1. The van der Waals surface area contributed by atoms with Crippen molar-refractivity contribution in [2.24, 2.45) is 5.73 Å². The number of nitrogens with two attached hydrogens (primary N) is 1. The van der Waals surface area contributed by atoms with E-state index in [9.17, 15) is 9.59 Å². The minimum atomic E-state index is -0.995. The summed E-state index contributed by atoms with van der Waals surface area (Å²) in [5.41, 5.74) is 6.38. The van der Waals surface area contributed by atoms with Crippen LogP contribution >= 0.6 is 0 Å². The van der Waals surface area contributed by atoms with Crippen LogP contribution in [-0.4, -0.2) is 23.0 Å². The fourth-order valence-electron chi connectivity index (χ4n) is 1.37. The van der Waals surface area contributed by atoms with E-state index >= 15 is 0 Å². The maximum absolute atomic E-state index is 11.6. The Balaban J connectivity index is 2.63. The van der Waals surface area contributed by atoms with Gasteiger partial charge >= 0.3 is 5.97 Å². The first-order valence-electron chi connectivity index (χ1n) is 5.44. The Morgan fingerprint density at radius 2 is 1.94 bits per heavy atom. The number of rotatable bonds is 5. The first-order chi connectivity index (χ1) is 8.04. The molecule has 17 heavy (non-hydrogen) atoms. The molecule has 1 rings (SSSR count). The van der Waals surface area contributed by atoms with Crippen LogP contribution in [0.5, 0.6) is 0 Å². The van der Waals surface area contributed by atoms with Gasteiger partial charge in [-0.25, -0.2) is 4.79 Å². The fraction of sp³-hybridized carbons (Fsp3) is 0.333. The Morgan fingerprint density at radius 1 is 1.35 bits per heavy atom. The van der Waals surface area contributed by atoms with Gasteiger partial charge in [-0.15, -0.1) is 0 Å². The minimum Gasteiger partial charge on any atom is -0.478 e. The Morgan fingerprint density at radius 3 is 2.41 bits per heavy atom. The molecule has 5 nitrogen and oxygen atoms in total. The topological polar surface area (TPSA) is 92.4 Å². The largest absolute Gasteiger partial charge is 0.478 e. The third-order valence-electron chi connectivity index (χ3n) is 2.34. The van der Waals surface area contributed by atoms with Crippen molar-refractivity contribution in [1.29, 1.82) is 0 Å². The summed E-state index contributed by atoms with van der Waals surface area (Å²) in [6.07, 6.45) is 1.46. The van der Waals surface area contributed by atoms with E-state index in [1.165, 1.54) is 12.1 Å². The van der Waals surface area contributed by atoms with E-state index < -0.39 is 12.0 Å². The minimum absolute atomic E-state index is 0.181. The average Bonchev–Trinajstić information content (AvgIpc) is 2.30. The average molecular weight is 236 g/mol. The summed E-state index contributed by atoms with van der Waals surface area (Å²) in [6, 6.07) is 5.42. The molecule has 0 heterocycles. The van der Waals surface area contributed by atoms with Crippen LogP contribution in [-0.2, 0) is 4.79 Å². The highest BCUT2D eigenvalue weighted by molar-refractivity contribution is 5.95. The lowest BCUT2D eigenvalue weighted by molar-refractivity contribution is -0.117. The van der Waals surface area contributed by atoms with Crippen molar-refractivity contribution in [3.05, 3.63) is 29.8 Å². The molecule has 0 bridgehead atoms. The zero-order valence-corrected chi connectivity index (χ0v) is 9.64. The predicted molar refractivity (Wildman–Crippen MR) is 64.9 cm³/mol. The number of anilines is 1. The van der Waals surface area contributed by atoms with Crippen molar-refractivity contribution in [1.82, 2.24) is 0 Å². The predicted octanol–water partition coefficient (Wildman–Crippen LogP) is 1.45. The second kappa shape index (κ2) is 6.00. The molecule has 0 saturated carbocycles. The van der Waals surface area contributed by atoms with Crippen molar-refractivity contribution in [3.63, 3.8) is 0 Å². The van der Waals surface area contributed by atoms with E-state index in [2.05, 4.69) is 5.32 Å². The molecule has 1 atom stereocenters. The first-order valence-corrected chi connectivity index (χ1v) is 5.44. The van der Waals surface area contributed by atoms with Crippen molar-refractivity contribution in [2.45, 2.75) is 25.8 Å². The number of aromatic carboxylic acids is 1. The lowest BCUT2D eigenvalue weighted by Crippen LogP contribution is -2.35. The van der Waals surface area contributed by atoms with Gasteiger partial charge in [-0.05, 0) is 30.7 Å². The molecule has 0 aliphatic rings. The molecule has 4 N–H and O–H groups in total. The molecule has 0 unspecified atom stereocenters. The number of nitrogens with one attached hydrogen (secondary N) is 1. The number of benzene rings is 1. The third kappa shape index (κ3) is 3.88. The molecule has 0 saturated heterocycles. The first kappa shape index (κ1) is 13.2. The smallest absolute Gasteiger partial charge is 0.335 e. The highest BCUT2D eigenvalue weighted by Gasteiger charge is 2.12. The van der Waals surface area contributed by atoms with Gasteiger partial charge in [0.1, 0.15) is 0 Å². The maximum atomic E-state index is 11.6. The summed E-state index contributed by atoms with van der Waals surface area (Å²) in [4.78, 5) is 22.2. The Labute approximate surface area is 99.6 Å². The number of carboxylic acids is 1. The monoisotopic (exact) mass is 236 g/mol. The van der Waals surface area contributed by atoms with Gasteiger partial charge in [-0.1, -0.05) is 13.3 Å². The number of hydrogen-bond donors (Lipinski definition) is 3. The maximum Gasteiger partial charge on any atom is 0.335 e. The fourth-order valence-corrected chi connectivity index (χ4v) is 1.37. The quantitative estimate of drug-likeness (QED) is 0.721. The van der Waals surface area contributed by atoms with Crippen molar-refractivity contribution >= 4 is 17.6 Å². The number of hydrogen-bond acceptors (Lipinski definition) is 3. The summed E-state index contributed by atoms with van der Waals surface area (Å²) in [7, 11) is 0. The molecule has 92 valence electrons. The van der Waals surface area contributed by atoms with Crippen molar-refractivity contribution < 1.29 is 14.7 Å². The molecule has 0 radical (unpaired) electrons. The molecule has 1 aromatic rings. The lowest BCUT2D eigenvalue weighted by Gasteiger charge is -2.11. The van der Waals surface area contributed by atoms with Gasteiger partial charge in [0.25, 0.3) is 0 Å². The standard InChI is InChI=1S/C12H16N2O3/c1-2-3-10(13)11(15)14-9-6-4-8(5-7-9)12(16)17/h4-7,10H,2-3,13H2,1H3,(H,14,15)(H,16,17)/t10-/m1/s1. The van der Waals surface area contributed by atoms with E-state index in [0.29, 0.717) is 12.1 Å². The van der Waals surface area contributed by atoms with Gasteiger partial charge in [-0.3, -0.25) is 4.79 Å². The normalized spacial score (nSPS) is 11.9. The van der Waals surface area contributed by atoms with Crippen LogP contribution in [0.3, 0.4) is 0 Å².